The molecule has 3 aromatic rings. The fourth-order valence-electron chi connectivity index (χ4n) is 3.67. The van der Waals surface area contributed by atoms with Gasteiger partial charge in [-0.15, -0.1) is 0 Å². The maximum absolute atomic E-state index is 13.1. The van der Waals surface area contributed by atoms with Crippen molar-refractivity contribution >= 4 is 17.5 Å². The number of rotatable bonds is 8. The van der Waals surface area contributed by atoms with Crippen molar-refractivity contribution in [2.75, 3.05) is 27.7 Å². The molecule has 0 spiro atoms. The van der Waals surface area contributed by atoms with Gasteiger partial charge in [-0.1, -0.05) is 43.6 Å². The van der Waals surface area contributed by atoms with Crippen LogP contribution in [0.4, 0.5) is 0 Å². The first-order valence-electron chi connectivity index (χ1n) is 10.2. The molecule has 1 N–H and O–H groups in total. The molecule has 3 rings (SSSR count). The molecule has 1 unspecified atom stereocenters. The maximum atomic E-state index is 13.1. The number of nitrogens with zero attached hydrogens (tertiary/aromatic N) is 3. The largest absolute Gasteiger partial charge is 0.496 e. The van der Waals surface area contributed by atoms with Gasteiger partial charge in [-0.05, 0) is 50.3 Å². The number of hydrogen-bond donors (Lipinski definition) is 1. The first-order valence-corrected chi connectivity index (χ1v) is 10.6. The van der Waals surface area contributed by atoms with Crippen molar-refractivity contribution in [1.29, 1.82) is 0 Å². The van der Waals surface area contributed by atoms with Crippen LogP contribution >= 0.6 is 11.6 Å². The third-order valence-electron chi connectivity index (χ3n) is 5.25. The number of likely N-dealkylation sites (N-methyl/N-ethyl adjacent to an activating group) is 1. The number of carbonyl (C=O) groups excluding carboxylic acids is 1. The SMILES string of the molecule is COc1ccccc1C(CNC(=O)c1cnn(-c2ccc(Cl)cc2)c1C(C)C)N(C)C. The molecule has 1 atom stereocenters. The van der Waals surface area contributed by atoms with E-state index in [0.717, 1.165) is 22.7 Å². The number of methoxy groups -OCH3 is 1. The predicted octanol–water partition coefficient (Wildman–Crippen LogP) is 4.69. The Hall–Kier alpha value is -2.83. The quantitative estimate of drug-likeness (QED) is 0.552. The van der Waals surface area contributed by atoms with Gasteiger partial charge in [0.1, 0.15) is 5.75 Å². The van der Waals surface area contributed by atoms with Gasteiger partial charge in [0.25, 0.3) is 5.91 Å². The Morgan fingerprint density at radius 1 is 1.16 bits per heavy atom. The van der Waals surface area contributed by atoms with Gasteiger partial charge in [0.05, 0.1) is 36.3 Å². The second-order valence-corrected chi connectivity index (χ2v) is 8.35. The highest BCUT2D eigenvalue weighted by Crippen LogP contribution is 2.28. The highest BCUT2D eigenvalue weighted by molar-refractivity contribution is 6.30. The number of carbonyl (C=O) groups is 1. The number of aromatic nitrogens is 2. The molecule has 7 heteroatoms. The fraction of sp³-hybridized carbons (Fsp3) is 0.333. The lowest BCUT2D eigenvalue weighted by Crippen LogP contribution is -2.35. The Balaban J connectivity index is 1.85. The Kier molecular flexibility index (Phi) is 7.36. The lowest BCUT2D eigenvalue weighted by molar-refractivity contribution is 0.0940. The molecule has 31 heavy (non-hydrogen) atoms. The van der Waals surface area contributed by atoms with Gasteiger partial charge in [-0.2, -0.15) is 5.10 Å². The van der Waals surface area contributed by atoms with Gasteiger partial charge in [0.15, 0.2) is 0 Å². The zero-order valence-corrected chi connectivity index (χ0v) is 19.3. The Bertz CT molecular complexity index is 1030. The topological polar surface area (TPSA) is 59.4 Å². The van der Waals surface area contributed by atoms with Crippen LogP contribution in [0.5, 0.6) is 5.75 Å². The first kappa shape index (κ1) is 22.8. The Morgan fingerprint density at radius 3 is 2.45 bits per heavy atom. The van der Waals surface area contributed by atoms with E-state index in [-0.39, 0.29) is 17.9 Å². The van der Waals surface area contributed by atoms with E-state index in [0.29, 0.717) is 17.1 Å². The third kappa shape index (κ3) is 5.09. The third-order valence-corrected chi connectivity index (χ3v) is 5.50. The van der Waals surface area contributed by atoms with E-state index in [9.17, 15) is 4.79 Å². The lowest BCUT2D eigenvalue weighted by atomic mass is 10.0. The molecule has 6 nitrogen and oxygen atoms in total. The molecule has 1 aromatic heterocycles. The summed E-state index contributed by atoms with van der Waals surface area (Å²) in [7, 11) is 5.63. The van der Waals surface area contributed by atoms with E-state index < -0.39 is 0 Å². The van der Waals surface area contributed by atoms with Crippen LogP contribution in [-0.2, 0) is 0 Å². The molecule has 0 fully saturated rings. The van der Waals surface area contributed by atoms with Crippen molar-refractivity contribution < 1.29 is 9.53 Å². The maximum Gasteiger partial charge on any atom is 0.254 e. The zero-order valence-electron chi connectivity index (χ0n) is 18.6. The summed E-state index contributed by atoms with van der Waals surface area (Å²) in [5.41, 5.74) is 3.32. The van der Waals surface area contributed by atoms with Gasteiger partial charge in [-0.25, -0.2) is 4.68 Å². The summed E-state index contributed by atoms with van der Waals surface area (Å²) in [4.78, 5) is 15.2. The van der Waals surface area contributed by atoms with Crippen molar-refractivity contribution in [1.82, 2.24) is 20.0 Å². The van der Waals surface area contributed by atoms with Crippen molar-refractivity contribution in [3.63, 3.8) is 0 Å². The lowest BCUT2D eigenvalue weighted by Gasteiger charge is -2.26. The van der Waals surface area contributed by atoms with Gasteiger partial charge < -0.3 is 15.0 Å². The van der Waals surface area contributed by atoms with Gasteiger partial charge in [0.2, 0.25) is 0 Å². The summed E-state index contributed by atoms with van der Waals surface area (Å²) in [6.45, 7) is 4.55. The summed E-state index contributed by atoms with van der Waals surface area (Å²) in [5, 5.41) is 8.24. The second-order valence-electron chi connectivity index (χ2n) is 7.92. The van der Waals surface area contributed by atoms with Crippen LogP contribution in [0, 0.1) is 0 Å². The molecule has 1 heterocycles. The van der Waals surface area contributed by atoms with Crippen LogP contribution in [-0.4, -0.2) is 48.3 Å². The van der Waals surface area contributed by atoms with Crippen LogP contribution in [0.15, 0.2) is 54.7 Å². The molecule has 0 aliphatic rings. The van der Waals surface area contributed by atoms with Crippen LogP contribution in [0.25, 0.3) is 5.69 Å². The van der Waals surface area contributed by atoms with E-state index in [1.54, 1.807) is 18.0 Å². The van der Waals surface area contributed by atoms with Crippen LogP contribution < -0.4 is 10.1 Å². The molecular formula is C24H29ClN4O2. The minimum absolute atomic E-state index is 0.0334. The zero-order chi connectivity index (χ0) is 22.5. The smallest absolute Gasteiger partial charge is 0.254 e. The number of amides is 1. The molecule has 0 saturated carbocycles. The Labute approximate surface area is 188 Å². The number of ether oxygens (including phenoxy) is 1. The molecule has 0 aliphatic heterocycles. The average Bonchev–Trinajstić information content (AvgIpc) is 3.20. The van der Waals surface area contributed by atoms with Crippen molar-refractivity contribution in [2.45, 2.75) is 25.8 Å². The van der Waals surface area contributed by atoms with Crippen LogP contribution in [0.2, 0.25) is 5.02 Å². The van der Waals surface area contributed by atoms with Crippen LogP contribution in [0.3, 0.4) is 0 Å². The second kappa shape index (κ2) is 9.98. The van der Waals surface area contributed by atoms with Crippen molar-refractivity contribution in [3.8, 4) is 11.4 Å². The minimum Gasteiger partial charge on any atom is -0.496 e. The summed E-state index contributed by atoms with van der Waals surface area (Å²) in [6, 6.07) is 15.3. The van der Waals surface area contributed by atoms with E-state index >= 15 is 0 Å². The molecule has 0 aliphatic carbocycles. The standard InChI is InChI=1S/C24H29ClN4O2/c1-16(2)23-20(14-27-29(23)18-12-10-17(25)11-13-18)24(30)26-15-21(28(3)4)19-8-6-7-9-22(19)31-5/h6-14,16,21H,15H2,1-5H3,(H,26,30). The summed E-state index contributed by atoms with van der Waals surface area (Å²) < 4.78 is 7.32. The number of nitrogens with one attached hydrogen (secondary N) is 1. The molecule has 0 radical (unpaired) electrons. The summed E-state index contributed by atoms with van der Waals surface area (Å²) in [6.07, 6.45) is 1.63. The molecule has 164 valence electrons. The molecule has 2 aromatic carbocycles. The highest BCUT2D eigenvalue weighted by Gasteiger charge is 2.23. The van der Waals surface area contributed by atoms with Gasteiger partial charge in [0, 0.05) is 17.1 Å². The minimum atomic E-state index is -0.148. The van der Waals surface area contributed by atoms with E-state index in [2.05, 4.69) is 29.2 Å². The number of hydrogen-bond acceptors (Lipinski definition) is 4. The fourth-order valence-corrected chi connectivity index (χ4v) is 3.80. The predicted molar refractivity (Wildman–Crippen MR) is 124 cm³/mol. The highest BCUT2D eigenvalue weighted by atomic mass is 35.5. The van der Waals surface area contributed by atoms with Gasteiger partial charge in [-0.3, -0.25) is 4.79 Å². The summed E-state index contributed by atoms with van der Waals surface area (Å²) >= 11 is 6.02. The van der Waals surface area contributed by atoms with Crippen molar-refractivity contribution in [2.24, 2.45) is 0 Å². The van der Waals surface area contributed by atoms with E-state index in [4.69, 9.17) is 16.3 Å². The number of benzene rings is 2. The van der Waals surface area contributed by atoms with Crippen molar-refractivity contribution in [3.05, 3.63) is 76.6 Å². The molecule has 0 saturated heterocycles. The van der Waals surface area contributed by atoms with Gasteiger partial charge >= 0.3 is 0 Å². The Morgan fingerprint density at radius 2 is 1.84 bits per heavy atom. The molecular weight excluding hydrogens is 412 g/mol. The number of halogens is 1. The monoisotopic (exact) mass is 440 g/mol. The molecule has 0 bridgehead atoms. The van der Waals surface area contributed by atoms with Crippen LogP contribution in [0.1, 0.15) is 47.4 Å². The summed E-state index contributed by atoms with van der Waals surface area (Å²) in [5.74, 6) is 0.761. The molecule has 1 amide bonds. The normalized spacial score (nSPS) is 12.3. The van der Waals surface area contributed by atoms with E-state index in [1.807, 2.05) is 62.6 Å². The average molecular weight is 441 g/mol. The van der Waals surface area contributed by atoms with E-state index in [1.165, 1.54) is 0 Å². The first-order chi connectivity index (χ1) is 14.8. The number of para-hydroxylation sites is 1.